The lowest BCUT2D eigenvalue weighted by Gasteiger charge is -2.43. The maximum absolute atomic E-state index is 13.7. The predicted octanol–water partition coefficient (Wildman–Crippen LogP) is 7.32. The van der Waals surface area contributed by atoms with Gasteiger partial charge in [-0.1, -0.05) is 44.7 Å². The maximum atomic E-state index is 13.7. The molecule has 3 aromatic rings. The molecule has 0 unspecified atom stereocenters. The third kappa shape index (κ3) is 8.13. The Labute approximate surface area is 302 Å². The summed E-state index contributed by atoms with van der Waals surface area (Å²) in [5.74, 6) is -0.629. The van der Waals surface area contributed by atoms with Gasteiger partial charge in [0.05, 0.1) is 36.0 Å². The summed E-state index contributed by atoms with van der Waals surface area (Å²) in [6.07, 6.45) is 0.516. The van der Waals surface area contributed by atoms with Crippen LogP contribution in [0.2, 0.25) is 18.1 Å². The molecular formula is C37H42N2O10SSi. The molecule has 2 aliphatic heterocycles. The zero-order valence-corrected chi connectivity index (χ0v) is 31.5. The van der Waals surface area contributed by atoms with Crippen molar-refractivity contribution in [1.82, 2.24) is 4.90 Å². The van der Waals surface area contributed by atoms with E-state index in [4.69, 9.17) is 23.4 Å². The molecule has 270 valence electrons. The first-order valence-corrected chi connectivity index (χ1v) is 20.2. The van der Waals surface area contributed by atoms with Gasteiger partial charge in [-0.15, -0.1) is 0 Å². The number of β-lactam (4-membered cyclic amide) rings is 1. The molecule has 2 atom stereocenters. The number of amides is 1. The van der Waals surface area contributed by atoms with Crippen molar-refractivity contribution in [2.45, 2.75) is 63.9 Å². The second-order valence-corrected chi connectivity index (χ2v) is 19.7. The molecule has 12 nitrogen and oxygen atoms in total. The van der Waals surface area contributed by atoms with Gasteiger partial charge in [-0.2, -0.15) is 0 Å². The van der Waals surface area contributed by atoms with Gasteiger partial charge >= 0.3 is 11.9 Å². The van der Waals surface area contributed by atoms with Crippen LogP contribution >= 0.6 is 11.8 Å². The molecule has 5 rings (SSSR count). The minimum atomic E-state index is -2.02. The van der Waals surface area contributed by atoms with Crippen molar-refractivity contribution in [3.63, 3.8) is 0 Å². The molecule has 0 bridgehead atoms. The highest BCUT2D eigenvalue weighted by molar-refractivity contribution is 8.09. The van der Waals surface area contributed by atoms with E-state index in [9.17, 15) is 24.5 Å². The zero-order valence-electron chi connectivity index (χ0n) is 29.7. The number of nitro benzene ring substituents is 1. The lowest BCUT2D eigenvalue weighted by atomic mass is 9.94. The van der Waals surface area contributed by atoms with Gasteiger partial charge in [-0.3, -0.25) is 19.8 Å². The van der Waals surface area contributed by atoms with Gasteiger partial charge in [0, 0.05) is 35.3 Å². The molecule has 14 heteroatoms. The number of nitrogens with zero attached hydrogens (tertiary/aromatic N) is 2. The van der Waals surface area contributed by atoms with Crippen molar-refractivity contribution in [1.29, 1.82) is 0 Å². The smallest absolute Gasteiger partial charge is 0.356 e. The molecule has 51 heavy (non-hydrogen) atoms. The average molecular weight is 735 g/mol. The van der Waals surface area contributed by atoms with Crippen LogP contribution in [0.15, 0.2) is 72.4 Å². The van der Waals surface area contributed by atoms with E-state index in [1.807, 2.05) is 0 Å². The minimum Gasteiger partial charge on any atom is -0.497 e. The van der Waals surface area contributed by atoms with Gasteiger partial charge in [0.1, 0.15) is 30.4 Å². The minimum absolute atomic E-state index is 0.0151. The molecular weight excluding hydrogens is 693 g/mol. The van der Waals surface area contributed by atoms with Gasteiger partial charge < -0.3 is 23.4 Å². The lowest BCUT2D eigenvalue weighted by Crippen LogP contribution is -2.57. The summed E-state index contributed by atoms with van der Waals surface area (Å²) < 4.78 is 28.2. The van der Waals surface area contributed by atoms with E-state index in [0.717, 1.165) is 0 Å². The molecule has 3 aromatic carbocycles. The van der Waals surface area contributed by atoms with Gasteiger partial charge in [0.2, 0.25) is 5.91 Å². The van der Waals surface area contributed by atoms with Crippen LogP contribution in [-0.4, -0.2) is 62.2 Å². The highest BCUT2D eigenvalue weighted by Crippen LogP contribution is 2.54. The number of non-ortho nitro benzene ring substituents is 1. The van der Waals surface area contributed by atoms with Crippen molar-refractivity contribution in [3.05, 3.63) is 105 Å². The quantitative estimate of drug-likeness (QED) is 0.0540. The summed E-state index contributed by atoms with van der Waals surface area (Å²) in [6, 6.07) is 17.6. The number of hydrogen-bond acceptors (Lipinski definition) is 11. The van der Waals surface area contributed by atoms with Crippen LogP contribution < -0.4 is 9.47 Å². The molecule has 0 saturated carbocycles. The molecule has 1 fully saturated rings. The number of esters is 2. The van der Waals surface area contributed by atoms with E-state index < -0.39 is 25.2 Å². The molecule has 0 aromatic heterocycles. The average Bonchev–Trinajstić information content (AvgIpc) is 3.47. The Morgan fingerprint density at radius 3 is 2.20 bits per heavy atom. The van der Waals surface area contributed by atoms with Gasteiger partial charge in [-0.25, -0.2) is 9.59 Å². The number of benzene rings is 3. The standard InChI is InChI=1S/C37H42N2O10SSi/c1-37(2,3)51(6,7)49-19-18-29-33(40)38-31(36(42)47-21-23-8-15-27(16-9-23)39(43)44)32(50-34(29)38)24-10-12-25(13-11-24)35(41)48-22-26-14-17-28(45-4)20-30(26)46-5/h8-17,20,29,34H,18-19,21-22H2,1-7H3/t29-,34+/m0/s1. The molecule has 1 saturated heterocycles. The fourth-order valence-corrected chi connectivity index (χ4v) is 7.99. The molecule has 2 heterocycles. The third-order valence-corrected chi connectivity index (χ3v) is 15.5. The van der Waals surface area contributed by atoms with E-state index in [2.05, 4.69) is 33.9 Å². The SMILES string of the molecule is COc1ccc(COC(=O)c2ccc(C3=C(C(=O)OCc4ccc([N+](=O)[O-])cc4)N4C(=O)[C@H](CCO[Si](C)(C)C(C)(C)C)[C@H]4S3)cc2)c(OC)c1. The summed E-state index contributed by atoms with van der Waals surface area (Å²) in [5.41, 5.74) is 2.22. The van der Waals surface area contributed by atoms with E-state index in [0.29, 0.717) is 51.7 Å². The summed E-state index contributed by atoms with van der Waals surface area (Å²) in [7, 11) is 1.06. The van der Waals surface area contributed by atoms with Crippen LogP contribution in [0.4, 0.5) is 5.69 Å². The van der Waals surface area contributed by atoms with Crippen LogP contribution in [0.25, 0.3) is 4.91 Å². The Hall–Kier alpha value is -4.66. The normalized spacial score (nSPS) is 17.1. The van der Waals surface area contributed by atoms with Crippen molar-refractivity contribution in [2.24, 2.45) is 5.92 Å². The van der Waals surface area contributed by atoms with Crippen LogP contribution in [0.1, 0.15) is 54.2 Å². The predicted molar refractivity (Wildman–Crippen MR) is 194 cm³/mol. The van der Waals surface area contributed by atoms with Gasteiger partial charge in [-0.05, 0) is 72.1 Å². The van der Waals surface area contributed by atoms with Crippen LogP contribution in [-0.2, 0) is 36.7 Å². The number of ether oxygens (including phenoxy) is 4. The van der Waals surface area contributed by atoms with E-state index in [-0.39, 0.29) is 46.8 Å². The second kappa shape index (κ2) is 15.3. The summed E-state index contributed by atoms with van der Waals surface area (Å²) in [4.78, 5) is 52.8. The number of rotatable bonds is 14. The van der Waals surface area contributed by atoms with Gasteiger partial charge in [0.25, 0.3) is 5.69 Å². The fourth-order valence-electron chi connectivity index (χ4n) is 5.39. The molecule has 0 aliphatic carbocycles. The van der Waals surface area contributed by atoms with Crippen LogP contribution in [0.3, 0.4) is 0 Å². The first kappa shape index (κ1) is 37.6. The number of hydrogen-bond donors (Lipinski definition) is 0. The van der Waals surface area contributed by atoms with Gasteiger partial charge in [0.15, 0.2) is 8.32 Å². The summed E-state index contributed by atoms with van der Waals surface area (Å²) in [5, 5.41) is 10.8. The number of nitro groups is 1. The number of carbonyl (C=O) groups is 3. The molecule has 2 aliphatic rings. The first-order chi connectivity index (χ1) is 24.1. The van der Waals surface area contributed by atoms with Crippen molar-refractivity contribution in [2.75, 3.05) is 20.8 Å². The largest absolute Gasteiger partial charge is 0.497 e. The Balaban J connectivity index is 1.33. The maximum Gasteiger partial charge on any atom is 0.356 e. The van der Waals surface area contributed by atoms with Crippen molar-refractivity contribution < 1.29 is 42.7 Å². The van der Waals surface area contributed by atoms with Crippen LogP contribution in [0, 0.1) is 16.0 Å². The topological polar surface area (TPSA) is 144 Å². The molecule has 0 radical (unpaired) electrons. The zero-order chi connectivity index (χ0) is 37.1. The first-order valence-electron chi connectivity index (χ1n) is 16.4. The highest BCUT2D eigenvalue weighted by atomic mass is 32.2. The lowest BCUT2D eigenvalue weighted by molar-refractivity contribution is -0.384. The Bertz CT molecular complexity index is 1840. The van der Waals surface area contributed by atoms with E-state index in [1.54, 1.807) is 49.6 Å². The molecule has 0 spiro atoms. The molecule has 0 N–H and O–H groups in total. The number of carbonyl (C=O) groups excluding carboxylic acids is 3. The van der Waals surface area contributed by atoms with Crippen molar-refractivity contribution >= 4 is 48.5 Å². The van der Waals surface area contributed by atoms with Crippen LogP contribution in [0.5, 0.6) is 11.5 Å². The Morgan fingerprint density at radius 1 is 0.922 bits per heavy atom. The van der Waals surface area contributed by atoms with Crippen molar-refractivity contribution in [3.8, 4) is 11.5 Å². The monoisotopic (exact) mass is 734 g/mol. The summed E-state index contributed by atoms with van der Waals surface area (Å²) >= 11 is 1.41. The number of methoxy groups -OCH3 is 2. The van der Waals surface area contributed by atoms with E-state index >= 15 is 0 Å². The Morgan fingerprint density at radius 2 is 1.59 bits per heavy atom. The summed E-state index contributed by atoms with van der Waals surface area (Å²) in [6.45, 7) is 11.1. The number of thioether (sulfide) groups is 1. The Kier molecular flexibility index (Phi) is 11.3. The third-order valence-electron chi connectivity index (χ3n) is 9.49. The fraction of sp³-hybridized carbons (Fsp3) is 0.378. The second-order valence-electron chi connectivity index (χ2n) is 13.7. The highest BCUT2D eigenvalue weighted by Gasteiger charge is 2.56. The molecule has 1 amide bonds. The van der Waals surface area contributed by atoms with E-state index in [1.165, 1.54) is 48.0 Å². The number of fused-ring (bicyclic) bond motifs is 1.